The van der Waals surface area contributed by atoms with Crippen molar-refractivity contribution < 1.29 is 23.1 Å². The summed E-state index contributed by atoms with van der Waals surface area (Å²) in [5.41, 5.74) is -2.43. The van der Waals surface area contributed by atoms with Crippen LogP contribution < -0.4 is 0 Å². The monoisotopic (exact) mass is 282 g/mol. The Bertz CT molecular complexity index is 506. The van der Waals surface area contributed by atoms with Crippen molar-refractivity contribution in [2.24, 2.45) is 12.5 Å². The highest BCUT2D eigenvalue weighted by Crippen LogP contribution is 2.50. The Morgan fingerprint density at radius 2 is 2.11 bits per heavy atom. The number of aryl methyl sites for hydroxylation is 1. The summed E-state index contributed by atoms with van der Waals surface area (Å²) >= 11 is 5.77. The molecule has 0 amide bonds. The fourth-order valence-electron chi connectivity index (χ4n) is 1.89. The first-order valence-corrected chi connectivity index (χ1v) is 5.57. The van der Waals surface area contributed by atoms with Crippen molar-refractivity contribution in [1.82, 2.24) is 9.78 Å². The zero-order valence-corrected chi connectivity index (χ0v) is 10.1. The van der Waals surface area contributed by atoms with Gasteiger partial charge in [-0.25, -0.2) is 0 Å². The van der Waals surface area contributed by atoms with E-state index in [9.17, 15) is 18.0 Å². The van der Waals surface area contributed by atoms with Crippen molar-refractivity contribution in [2.45, 2.75) is 25.4 Å². The predicted molar refractivity (Wildman–Crippen MR) is 56.2 cm³/mol. The lowest BCUT2D eigenvalue weighted by Crippen LogP contribution is -2.20. The molecule has 1 fully saturated rings. The van der Waals surface area contributed by atoms with Crippen LogP contribution in [0.3, 0.4) is 0 Å². The number of carboxylic acids is 1. The normalized spacial score (nSPS) is 17.8. The summed E-state index contributed by atoms with van der Waals surface area (Å²) in [5, 5.41) is 12.2. The maximum absolute atomic E-state index is 12.8. The van der Waals surface area contributed by atoms with Crippen LogP contribution in [0.25, 0.3) is 0 Å². The van der Waals surface area contributed by atoms with E-state index in [4.69, 9.17) is 16.7 Å². The van der Waals surface area contributed by atoms with E-state index < -0.39 is 23.3 Å². The van der Waals surface area contributed by atoms with Gasteiger partial charge in [0.2, 0.25) is 0 Å². The van der Waals surface area contributed by atoms with Crippen molar-refractivity contribution in [3.8, 4) is 0 Å². The Balaban J connectivity index is 2.41. The number of rotatable bonds is 3. The van der Waals surface area contributed by atoms with Crippen LogP contribution in [0, 0.1) is 5.41 Å². The molecule has 0 bridgehead atoms. The molecule has 2 rings (SSSR count). The molecule has 1 N–H and O–H groups in total. The maximum Gasteiger partial charge on any atom is 0.435 e. The minimum atomic E-state index is -4.63. The number of aliphatic carboxylic acids is 1. The number of nitrogens with zero attached hydrogens (tertiary/aromatic N) is 2. The minimum Gasteiger partial charge on any atom is -0.481 e. The largest absolute Gasteiger partial charge is 0.481 e. The number of aromatic nitrogens is 2. The molecule has 4 nitrogen and oxygen atoms in total. The zero-order chi connectivity index (χ0) is 13.7. The number of carbonyl (C=O) groups is 1. The van der Waals surface area contributed by atoms with E-state index in [-0.39, 0.29) is 17.1 Å². The topological polar surface area (TPSA) is 55.1 Å². The highest BCUT2D eigenvalue weighted by atomic mass is 35.5. The lowest BCUT2D eigenvalue weighted by Gasteiger charge is -2.11. The van der Waals surface area contributed by atoms with E-state index in [1.54, 1.807) is 0 Å². The van der Waals surface area contributed by atoms with E-state index in [0.29, 0.717) is 12.8 Å². The molecule has 1 heterocycles. The number of halogens is 4. The molecular weight excluding hydrogens is 273 g/mol. The van der Waals surface area contributed by atoms with Gasteiger partial charge in [0.05, 0.1) is 5.41 Å². The maximum atomic E-state index is 12.8. The highest BCUT2D eigenvalue weighted by Gasteiger charge is 2.52. The van der Waals surface area contributed by atoms with Gasteiger partial charge >= 0.3 is 12.1 Å². The molecule has 0 unspecified atom stereocenters. The summed E-state index contributed by atoms with van der Waals surface area (Å²) in [6.07, 6.45) is -4.13. The Labute approximate surface area is 105 Å². The van der Waals surface area contributed by atoms with Crippen molar-refractivity contribution >= 4 is 17.6 Å². The lowest BCUT2D eigenvalue weighted by atomic mass is 9.97. The molecule has 0 aliphatic heterocycles. The minimum absolute atomic E-state index is 0.158. The second-order valence-corrected chi connectivity index (χ2v) is 4.86. The highest BCUT2D eigenvalue weighted by molar-refractivity contribution is 6.30. The van der Waals surface area contributed by atoms with Gasteiger partial charge in [0.1, 0.15) is 5.15 Å². The van der Waals surface area contributed by atoms with Crippen LogP contribution >= 0.6 is 11.6 Å². The molecule has 100 valence electrons. The molecule has 1 aromatic heterocycles. The van der Waals surface area contributed by atoms with Gasteiger partial charge in [0.15, 0.2) is 5.69 Å². The standard InChI is InChI=1S/C10H10ClF3N2O2/c1-16-7(11)5(6(15-16)10(12,13)14)4-9(2-3-9)8(17)18/h2-4H2,1H3,(H,17,18). The zero-order valence-electron chi connectivity index (χ0n) is 9.38. The fourth-order valence-corrected chi connectivity index (χ4v) is 2.08. The third kappa shape index (κ3) is 2.07. The first-order valence-electron chi connectivity index (χ1n) is 5.19. The molecule has 0 saturated heterocycles. The van der Waals surface area contributed by atoms with Gasteiger partial charge in [-0.2, -0.15) is 18.3 Å². The number of hydrogen-bond acceptors (Lipinski definition) is 2. The molecule has 8 heteroatoms. The molecular formula is C10H10ClF3N2O2. The summed E-state index contributed by atoms with van der Waals surface area (Å²) in [5.74, 6) is -1.09. The van der Waals surface area contributed by atoms with Crippen molar-refractivity contribution in [3.63, 3.8) is 0 Å². The molecule has 0 spiro atoms. The molecule has 1 saturated carbocycles. The molecule has 1 aliphatic carbocycles. The van der Waals surface area contributed by atoms with Crippen molar-refractivity contribution in [2.75, 3.05) is 0 Å². The molecule has 0 radical (unpaired) electrons. The SMILES string of the molecule is Cn1nc(C(F)(F)F)c(CC2(C(=O)O)CC2)c1Cl. The van der Waals surface area contributed by atoms with Gasteiger partial charge < -0.3 is 5.11 Å². The molecule has 18 heavy (non-hydrogen) atoms. The van der Waals surface area contributed by atoms with E-state index in [0.717, 1.165) is 4.68 Å². The fraction of sp³-hybridized carbons (Fsp3) is 0.600. The van der Waals surface area contributed by atoms with Gasteiger partial charge in [-0.15, -0.1) is 0 Å². The first kappa shape index (κ1) is 13.2. The second-order valence-electron chi connectivity index (χ2n) is 4.50. The van der Waals surface area contributed by atoms with Crippen LogP contribution in [0.5, 0.6) is 0 Å². The summed E-state index contributed by atoms with van der Waals surface area (Å²) in [4.78, 5) is 11.0. The smallest absolute Gasteiger partial charge is 0.435 e. The predicted octanol–water partition coefficient (Wildman–Crippen LogP) is 2.50. The third-order valence-electron chi connectivity index (χ3n) is 3.16. The van der Waals surface area contributed by atoms with Gasteiger partial charge in [-0.05, 0) is 19.3 Å². The number of alkyl halides is 3. The molecule has 0 atom stereocenters. The lowest BCUT2D eigenvalue weighted by molar-refractivity contribution is -0.145. The number of carboxylic acid groups (broad SMARTS) is 1. The van der Waals surface area contributed by atoms with E-state index in [1.165, 1.54) is 7.05 Å². The average Bonchev–Trinajstić information content (AvgIpc) is 2.95. The molecule has 1 aromatic rings. The third-order valence-corrected chi connectivity index (χ3v) is 3.63. The Kier molecular flexibility index (Phi) is 2.84. The van der Waals surface area contributed by atoms with Gasteiger partial charge in [-0.1, -0.05) is 11.6 Å². The Morgan fingerprint density at radius 3 is 2.50 bits per heavy atom. The Morgan fingerprint density at radius 1 is 1.56 bits per heavy atom. The van der Waals surface area contributed by atoms with Crippen LogP contribution in [0.15, 0.2) is 0 Å². The van der Waals surface area contributed by atoms with Gasteiger partial charge in [0.25, 0.3) is 0 Å². The summed E-state index contributed by atoms with van der Waals surface area (Å²) < 4.78 is 39.2. The first-order chi connectivity index (χ1) is 8.17. The molecule has 1 aliphatic rings. The Hall–Kier alpha value is -1.24. The van der Waals surface area contributed by atoms with Crippen molar-refractivity contribution in [1.29, 1.82) is 0 Å². The van der Waals surface area contributed by atoms with Crippen LogP contribution in [0.4, 0.5) is 13.2 Å². The van der Waals surface area contributed by atoms with E-state index in [2.05, 4.69) is 5.10 Å². The van der Waals surface area contributed by atoms with Crippen LogP contribution in [-0.2, 0) is 24.4 Å². The van der Waals surface area contributed by atoms with Gasteiger partial charge in [0, 0.05) is 12.6 Å². The van der Waals surface area contributed by atoms with E-state index >= 15 is 0 Å². The second kappa shape index (κ2) is 3.88. The van der Waals surface area contributed by atoms with Crippen molar-refractivity contribution in [3.05, 3.63) is 16.4 Å². The van der Waals surface area contributed by atoms with E-state index in [1.807, 2.05) is 0 Å². The summed E-state index contributed by atoms with van der Waals surface area (Å²) in [7, 11) is 1.29. The molecule has 0 aromatic carbocycles. The summed E-state index contributed by atoms with van der Waals surface area (Å²) in [6.45, 7) is 0. The number of hydrogen-bond donors (Lipinski definition) is 1. The average molecular weight is 283 g/mol. The summed E-state index contributed by atoms with van der Waals surface area (Å²) in [6, 6.07) is 0. The van der Waals surface area contributed by atoms with Gasteiger partial charge in [-0.3, -0.25) is 9.48 Å². The van der Waals surface area contributed by atoms with Crippen LogP contribution in [0.2, 0.25) is 5.15 Å². The van der Waals surface area contributed by atoms with Crippen LogP contribution in [0.1, 0.15) is 24.1 Å². The van der Waals surface area contributed by atoms with Crippen LogP contribution in [-0.4, -0.2) is 20.9 Å². The quantitative estimate of drug-likeness (QED) is 0.927.